The van der Waals surface area contributed by atoms with Crippen LogP contribution >= 0.6 is 0 Å². The highest BCUT2D eigenvalue weighted by molar-refractivity contribution is 5.45. The van der Waals surface area contributed by atoms with Crippen LogP contribution in [-0.2, 0) is 11.8 Å². The van der Waals surface area contributed by atoms with Gasteiger partial charge in [-0.25, -0.2) is 0 Å². The number of aliphatic hydroxyl groups excluding tert-OH is 1. The van der Waals surface area contributed by atoms with Crippen LogP contribution in [0.4, 0.5) is 0 Å². The first-order valence-electron chi connectivity index (χ1n) is 9.60. The molecule has 3 N–H and O–H groups in total. The van der Waals surface area contributed by atoms with Gasteiger partial charge in [0.1, 0.15) is 5.75 Å². The summed E-state index contributed by atoms with van der Waals surface area (Å²) in [5, 5.41) is 18.3. The lowest BCUT2D eigenvalue weighted by atomic mass is 9.72. The van der Waals surface area contributed by atoms with Gasteiger partial charge >= 0.3 is 0 Å². The smallest absolute Gasteiger partial charge is 0.122 e. The molecule has 2 atom stereocenters. The summed E-state index contributed by atoms with van der Waals surface area (Å²) < 4.78 is 5.45. The number of hydrogen-bond donors (Lipinski definition) is 3. The third-order valence-electron chi connectivity index (χ3n) is 6.16. The molecule has 2 aromatic rings. The highest BCUT2D eigenvalue weighted by Gasteiger charge is 2.51. The van der Waals surface area contributed by atoms with Crippen LogP contribution in [0.1, 0.15) is 35.6 Å². The number of piperidine rings is 1. The van der Waals surface area contributed by atoms with Crippen LogP contribution in [0, 0.1) is 0 Å². The molecule has 0 radical (unpaired) electrons. The van der Waals surface area contributed by atoms with E-state index < -0.39 is 0 Å². The Hall–Kier alpha value is -1.88. The van der Waals surface area contributed by atoms with E-state index in [4.69, 9.17) is 4.74 Å². The first-order valence-corrected chi connectivity index (χ1v) is 9.60. The van der Waals surface area contributed by atoms with Crippen molar-refractivity contribution in [2.24, 2.45) is 0 Å². The van der Waals surface area contributed by atoms with Crippen molar-refractivity contribution in [3.63, 3.8) is 0 Å². The Bertz CT molecular complexity index is 755. The monoisotopic (exact) mass is 352 g/mol. The van der Waals surface area contributed by atoms with E-state index in [-0.39, 0.29) is 17.6 Å². The summed E-state index contributed by atoms with van der Waals surface area (Å²) in [4.78, 5) is 0. The predicted octanol–water partition coefficient (Wildman–Crippen LogP) is 2.56. The van der Waals surface area contributed by atoms with Gasteiger partial charge in [0, 0.05) is 5.41 Å². The molecule has 0 amide bonds. The minimum absolute atomic E-state index is 0.000919. The Labute approximate surface area is 155 Å². The average Bonchev–Trinajstić information content (AvgIpc) is 2.92. The van der Waals surface area contributed by atoms with E-state index in [1.807, 2.05) is 18.2 Å². The summed E-state index contributed by atoms with van der Waals surface area (Å²) >= 11 is 0. The van der Waals surface area contributed by atoms with Gasteiger partial charge in [-0.15, -0.1) is 0 Å². The number of nitrogens with one attached hydrogen (secondary N) is 2. The third-order valence-corrected chi connectivity index (χ3v) is 6.16. The Morgan fingerprint density at radius 2 is 1.85 bits per heavy atom. The normalized spacial score (nSPS) is 23.8. The molecule has 2 aliphatic rings. The summed E-state index contributed by atoms with van der Waals surface area (Å²) in [6, 6.07) is 16.7. The molecule has 4 nitrogen and oxygen atoms in total. The minimum Gasteiger partial charge on any atom is -0.496 e. The van der Waals surface area contributed by atoms with Crippen LogP contribution in [0.2, 0.25) is 0 Å². The lowest BCUT2D eigenvalue weighted by Crippen LogP contribution is -2.48. The van der Waals surface area contributed by atoms with Gasteiger partial charge in [0.2, 0.25) is 0 Å². The number of ether oxygens (including phenoxy) is 1. The molecule has 0 aromatic heterocycles. The first-order chi connectivity index (χ1) is 12.8. The molecule has 26 heavy (non-hydrogen) atoms. The van der Waals surface area contributed by atoms with Gasteiger partial charge in [0.05, 0.1) is 19.3 Å². The van der Waals surface area contributed by atoms with Gasteiger partial charge in [-0.1, -0.05) is 42.5 Å². The SMILES string of the molecule is COc1ccccc1CCN[C@H]1c2ccccc2C2(CCNCC2)[C@@H]1O. The van der Waals surface area contributed by atoms with E-state index in [0.717, 1.165) is 44.6 Å². The van der Waals surface area contributed by atoms with Crippen LogP contribution in [0.5, 0.6) is 5.75 Å². The maximum atomic E-state index is 11.3. The molecule has 1 aliphatic heterocycles. The fourth-order valence-electron chi connectivity index (χ4n) is 4.80. The molecule has 138 valence electrons. The average molecular weight is 352 g/mol. The van der Waals surface area contributed by atoms with Crippen LogP contribution in [0.15, 0.2) is 48.5 Å². The fourth-order valence-corrected chi connectivity index (χ4v) is 4.80. The van der Waals surface area contributed by atoms with Crippen molar-refractivity contribution in [2.45, 2.75) is 36.8 Å². The Balaban J connectivity index is 1.52. The lowest BCUT2D eigenvalue weighted by Gasteiger charge is -2.39. The molecule has 0 bridgehead atoms. The van der Waals surface area contributed by atoms with E-state index in [2.05, 4.69) is 41.0 Å². The molecule has 4 heteroatoms. The van der Waals surface area contributed by atoms with E-state index in [1.165, 1.54) is 16.7 Å². The van der Waals surface area contributed by atoms with E-state index in [9.17, 15) is 5.11 Å². The summed E-state index contributed by atoms with van der Waals surface area (Å²) in [5.41, 5.74) is 3.69. The molecule has 0 unspecified atom stereocenters. The summed E-state index contributed by atoms with van der Waals surface area (Å²) in [6.45, 7) is 2.75. The lowest BCUT2D eigenvalue weighted by molar-refractivity contribution is 0.0445. The van der Waals surface area contributed by atoms with Crippen molar-refractivity contribution in [2.75, 3.05) is 26.7 Å². The molecular formula is C22H28N2O2. The highest BCUT2D eigenvalue weighted by atomic mass is 16.5. The van der Waals surface area contributed by atoms with Crippen molar-refractivity contribution in [1.82, 2.24) is 10.6 Å². The van der Waals surface area contributed by atoms with Gasteiger partial charge in [-0.3, -0.25) is 0 Å². The second-order valence-electron chi connectivity index (χ2n) is 7.43. The molecule has 1 fully saturated rings. The van der Waals surface area contributed by atoms with Crippen molar-refractivity contribution in [3.8, 4) is 5.75 Å². The zero-order chi connectivity index (χ0) is 18.0. The van der Waals surface area contributed by atoms with E-state index in [0.29, 0.717) is 0 Å². The van der Waals surface area contributed by atoms with Gasteiger partial charge in [-0.05, 0) is 61.7 Å². The standard InChI is InChI=1S/C22H28N2O2/c1-26-19-9-5-2-6-16(19)10-13-24-20-17-7-3-4-8-18(17)22(21(20)25)11-14-23-15-12-22/h2-9,20-21,23-25H,10-15H2,1H3/t20-,21+/m0/s1. The Kier molecular flexibility index (Phi) is 4.98. The largest absolute Gasteiger partial charge is 0.496 e. The number of para-hydroxylation sites is 1. The summed E-state index contributed by atoms with van der Waals surface area (Å²) in [5.74, 6) is 0.927. The van der Waals surface area contributed by atoms with E-state index in [1.54, 1.807) is 7.11 Å². The van der Waals surface area contributed by atoms with Gasteiger partial charge in [-0.2, -0.15) is 0 Å². The van der Waals surface area contributed by atoms with Crippen LogP contribution in [0.25, 0.3) is 0 Å². The molecule has 4 rings (SSSR count). The summed E-state index contributed by atoms with van der Waals surface area (Å²) in [7, 11) is 1.71. The molecule has 1 saturated heterocycles. The number of rotatable bonds is 5. The zero-order valence-electron chi connectivity index (χ0n) is 15.4. The molecule has 2 aromatic carbocycles. The third kappa shape index (κ3) is 2.92. The molecule has 1 aliphatic carbocycles. The molecular weight excluding hydrogens is 324 g/mol. The number of hydrogen-bond acceptors (Lipinski definition) is 4. The number of aliphatic hydroxyl groups is 1. The van der Waals surface area contributed by atoms with Gasteiger partial charge < -0.3 is 20.5 Å². The van der Waals surface area contributed by atoms with Gasteiger partial charge in [0.25, 0.3) is 0 Å². The molecule has 1 heterocycles. The fraction of sp³-hybridized carbons (Fsp3) is 0.455. The second kappa shape index (κ2) is 7.39. The topological polar surface area (TPSA) is 53.5 Å². The Morgan fingerprint density at radius 1 is 1.12 bits per heavy atom. The quantitative estimate of drug-likeness (QED) is 0.774. The molecule has 1 spiro atoms. The number of methoxy groups -OCH3 is 1. The Morgan fingerprint density at radius 3 is 2.65 bits per heavy atom. The maximum absolute atomic E-state index is 11.3. The van der Waals surface area contributed by atoms with Crippen LogP contribution in [-0.4, -0.2) is 38.0 Å². The first kappa shape index (κ1) is 17.5. The second-order valence-corrected chi connectivity index (χ2v) is 7.43. The van der Waals surface area contributed by atoms with Crippen molar-refractivity contribution in [1.29, 1.82) is 0 Å². The number of fused-ring (bicyclic) bond motifs is 2. The summed E-state index contributed by atoms with van der Waals surface area (Å²) in [6.07, 6.45) is 2.50. The van der Waals surface area contributed by atoms with Gasteiger partial charge in [0.15, 0.2) is 0 Å². The highest BCUT2D eigenvalue weighted by Crippen LogP contribution is 2.49. The van der Waals surface area contributed by atoms with Crippen molar-refractivity contribution in [3.05, 3.63) is 65.2 Å². The van der Waals surface area contributed by atoms with E-state index >= 15 is 0 Å². The zero-order valence-corrected chi connectivity index (χ0v) is 15.4. The predicted molar refractivity (Wildman–Crippen MR) is 104 cm³/mol. The minimum atomic E-state index is -0.375. The maximum Gasteiger partial charge on any atom is 0.122 e. The van der Waals surface area contributed by atoms with Crippen LogP contribution in [0.3, 0.4) is 0 Å². The van der Waals surface area contributed by atoms with Crippen molar-refractivity contribution < 1.29 is 9.84 Å². The number of benzene rings is 2. The van der Waals surface area contributed by atoms with Crippen LogP contribution < -0.4 is 15.4 Å². The molecule has 0 saturated carbocycles. The van der Waals surface area contributed by atoms with Crippen molar-refractivity contribution >= 4 is 0 Å².